The Bertz CT molecular complexity index is 417. The molecule has 19 heavy (non-hydrogen) atoms. The van der Waals surface area contributed by atoms with E-state index < -0.39 is 0 Å². The number of hydrogen-bond acceptors (Lipinski definition) is 2. The molecule has 0 saturated heterocycles. The summed E-state index contributed by atoms with van der Waals surface area (Å²) < 4.78 is 0. The van der Waals surface area contributed by atoms with E-state index in [9.17, 15) is 5.11 Å². The molecule has 1 aliphatic carbocycles. The Balaban J connectivity index is 2.21. The molecule has 1 aromatic carbocycles. The highest BCUT2D eigenvalue weighted by Crippen LogP contribution is 2.40. The number of aliphatic hydroxyl groups is 1. The average molecular weight is 261 g/mol. The molecule has 0 bridgehead atoms. The molecule has 0 saturated carbocycles. The molecule has 1 aliphatic rings. The number of aliphatic hydroxyl groups excluding tert-OH is 1. The van der Waals surface area contributed by atoms with Crippen molar-refractivity contribution in [2.24, 2.45) is 17.1 Å². The molecule has 2 rings (SSSR count). The predicted octanol–water partition coefficient (Wildman–Crippen LogP) is 2.92. The zero-order valence-corrected chi connectivity index (χ0v) is 12.2. The maximum absolute atomic E-state index is 10.8. The summed E-state index contributed by atoms with van der Waals surface area (Å²) in [4.78, 5) is 0. The van der Waals surface area contributed by atoms with E-state index in [1.54, 1.807) is 0 Å². The van der Waals surface area contributed by atoms with Gasteiger partial charge in [-0.15, -0.1) is 0 Å². The molecule has 106 valence electrons. The smallest absolute Gasteiger partial charge is 0.0637 e. The van der Waals surface area contributed by atoms with Crippen LogP contribution < -0.4 is 5.73 Å². The molecule has 0 heterocycles. The minimum Gasteiger partial charge on any atom is -0.392 e. The largest absolute Gasteiger partial charge is 0.392 e. The van der Waals surface area contributed by atoms with E-state index in [2.05, 4.69) is 38.1 Å². The lowest BCUT2D eigenvalue weighted by Crippen LogP contribution is -2.48. The minimum absolute atomic E-state index is 0.122. The van der Waals surface area contributed by atoms with Gasteiger partial charge in [0.15, 0.2) is 0 Å². The summed E-state index contributed by atoms with van der Waals surface area (Å²) in [5.41, 5.74) is 8.76. The number of benzene rings is 1. The average Bonchev–Trinajstić information content (AvgIpc) is 2.46. The predicted molar refractivity (Wildman–Crippen MR) is 80.0 cm³/mol. The Labute approximate surface area is 117 Å². The van der Waals surface area contributed by atoms with Crippen molar-refractivity contribution >= 4 is 0 Å². The van der Waals surface area contributed by atoms with Crippen LogP contribution in [-0.2, 0) is 12.8 Å². The zero-order valence-electron chi connectivity index (χ0n) is 12.2. The summed E-state index contributed by atoms with van der Waals surface area (Å²) in [5.74, 6) is 0.332. The van der Waals surface area contributed by atoms with Gasteiger partial charge in [-0.25, -0.2) is 0 Å². The maximum atomic E-state index is 10.8. The molecule has 3 N–H and O–H groups in total. The van der Waals surface area contributed by atoms with E-state index in [0.717, 1.165) is 32.1 Å². The van der Waals surface area contributed by atoms with Crippen molar-refractivity contribution in [3.05, 3.63) is 35.4 Å². The topological polar surface area (TPSA) is 46.2 Å². The molecule has 0 fully saturated rings. The highest BCUT2D eigenvalue weighted by Gasteiger charge is 2.41. The first-order valence-electron chi connectivity index (χ1n) is 7.58. The Morgan fingerprint density at radius 2 is 2.00 bits per heavy atom. The van der Waals surface area contributed by atoms with Crippen LogP contribution in [0.3, 0.4) is 0 Å². The van der Waals surface area contributed by atoms with Crippen LogP contribution in [0.4, 0.5) is 0 Å². The normalized spacial score (nSPS) is 25.7. The van der Waals surface area contributed by atoms with Gasteiger partial charge in [-0.05, 0) is 42.7 Å². The van der Waals surface area contributed by atoms with Gasteiger partial charge in [0.05, 0.1) is 6.10 Å². The van der Waals surface area contributed by atoms with Crippen LogP contribution in [-0.4, -0.2) is 17.8 Å². The summed E-state index contributed by atoms with van der Waals surface area (Å²) in [6.45, 7) is 4.91. The molecule has 3 atom stereocenters. The lowest BCUT2D eigenvalue weighted by molar-refractivity contribution is -0.0209. The van der Waals surface area contributed by atoms with Crippen LogP contribution >= 0.6 is 0 Å². The lowest BCUT2D eigenvalue weighted by Gasteiger charge is -2.43. The van der Waals surface area contributed by atoms with Gasteiger partial charge >= 0.3 is 0 Å². The van der Waals surface area contributed by atoms with Gasteiger partial charge in [0.1, 0.15) is 0 Å². The van der Waals surface area contributed by atoms with Gasteiger partial charge in [-0.2, -0.15) is 0 Å². The third kappa shape index (κ3) is 2.85. The van der Waals surface area contributed by atoms with Crippen LogP contribution in [0.1, 0.15) is 44.2 Å². The number of hydrogen-bond donors (Lipinski definition) is 2. The molecule has 2 nitrogen and oxygen atoms in total. The van der Waals surface area contributed by atoms with Gasteiger partial charge in [-0.1, -0.05) is 44.5 Å². The second-order valence-electron chi connectivity index (χ2n) is 6.22. The van der Waals surface area contributed by atoms with Crippen LogP contribution in [0.15, 0.2) is 24.3 Å². The van der Waals surface area contributed by atoms with Gasteiger partial charge < -0.3 is 10.8 Å². The Morgan fingerprint density at radius 3 is 2.63 bits per heavy atom. The maximum Gasteiger partial charge on any atom is 0.0637 e. The molecule has 0 spiro atoms. The van der Waals surface area contributed by atoms with Crippen molar-refractivity contribution in [1.29, 1.82) is 0 Å². The van der Waals surface area contributed by atoms with E-state index >= 15 is 0 Å². The van der Waals surface area contributed by atoms with Crippen LogP contribution in [0, 0.1) is 11.3 Å². The fourth-order valence-electron chi connectivity index (χ4n) is 3.59. The van der Waals surface area contributed by atoms with Crippen molar-refractivity contribution in [3.63, 3.8) is 0 Å². The molecule has 3 unspecified atom stereocenters. The zero-order chi connectivity index (χ0) is 13.9. The summed E-state index contributed by atoms with van der Waals surface area (Å²) in [7, 11) is 0. The van der Waals surface area contributed by atoms with E-state index in [-0.39, 0.29) is 11.5 Å². The van der Waals surface area contributed by atoms with Crippen LogP contribution in [0.25, 0.3) is 0 Å². The third-order valence-electron chi connectivity index (χ3n) is 4.87. The third-order valence-corrected chi connectivity index (χ3v) is 4.87. The number of nitrogens with two attached hydrogens (primary N) is 1. The van der Waals surface area contributed by atoms with Crippen molar-refractivity contribution in [3.8, 4) is 0 Å². The Morgan fingerprint density at radius 1 is 1.32 bits per heavy atom. The van der Waals surface area contributed by atoms with Gasteiger partial charge in [0, 0.05) is 12.0 Å². The van der Waals surface area contributed by atoms with Crippen LogP contribution in [0.2, 0.25) is 0 Å². The fourth-order valence-corrected chi connectivity index (χ4v) is 3.59. The van der Waals surface area contributed by atoms with Gasteiger partial charge in [0.2, 0.25) is 0 Å². The Kier molecular flexibility index (Phi) is 4.64. The summed E-state index contributed by atoms with van der Waals surface area (Å²) in [6.07, 6.45) is 4.89. The molecule has 0 radical (unpaired) electrons. The summed E-state index contributed by atoms with van der Waals surface area (Å²) in [5, 5.41) is 10.8. The SMILES string of the molecule is CCCC(C)C(O)C1(CN)CCc2ccccc2C1. The van der Waals surface area contributed by atoms with E-state index in [0.29, 0.717) is 12.5 Å². The minimum atomic E-state index is -0.286. The van der Waals surface area contributed by atoms with Crippen molar-refractivity contribution in [2.75, 3.05) is 6.54 Å². The van der Waals surface area contributed by atoms with Crippen molar-refractivity contribution in [1.82, 2.24) is 0 Å². The summed E-state index contributed by atoms with van der Waals surface area (Å²) in [6, 6.07) is 8.59. The first kappa shape index (κ1) is 14.5. The van der Waals surface area contributed by atoms with Crippen LogP contribution in [0.5, 0.6) is 0 Å². The number of fused-ring (bicyclic) bond motifs is 1. The van der Waals surface area contributed by atoms with E-state index in [1.165, 1.54) is 11.1 Å². The molecular formula is C17H27NO. The molecule has 0 aliphatic heterocycles. The van der Waals surface area contributed by atoms with E-state index in [1.807, 2.05) is 0 Å². The Hall–Kier alpha value is -0.860. The van der Waals surface area contributed by atoms with Crippen molar-refractivity contribution in [2.45, 2.75) is 52.1 Å². The quantitative estimate of drug-likeness (QED) is 0.856. The second kappa shape index (κ2) is 6.06. The van der Waals surface area contributed by atoms with E-state index in [4.69, 9.17) is 5.73 Å². The van der Waals surface area contributed by atoms with Gasteiger partial charge in [-0.3, -0.25) is 0 Å². The molecule has 2 heteroatoms. The van der Waals surface area contributed by atoms with Crippen molar-refractivity contribution < 1.29 is 5.11 Å². The molecule has 1 aromatic rings. The molecular weight excluding hydrogens is 234 g/mol. The second-order valence-corrected chi connectivity index (χ2v) is 6.22. The molecule has 0 amide bonds. The first-order chi connectivity index (χ1) is 9.13. The number of aryl methyl sites for hydroxylation is 1. The number of rotatable bonds is 5. The monoisotopic (exact) mass is 261 g/mol. The summed E-state index contributed by atoms with van der Waals surface area (Å²) >= 11 is 0. The first-order valence-corrected chi connectivity index (χ1v) is 7.58. The standard InChI is InChI=1S/C17H27NO/c1-3-6-13(2)16(19)17(12-18)10-9-14-7-4-5-8-15(14)11-17/h4-5,7-8,13,16,19H,3,6,9-12,18H2,1-2H3. The molecule has 0 aromatic heterocycles. The lowest BCUT2D eigenvalue weighted by atomic mass is 9.65. The highest BCUT2D eigenvalue weighted by atomic mass is 16.3. The fraction of sp³-hybridized carbons (Fsp3) is 0.647. The van der Waals surface area contributed by atoms with Gasteiger partial charge in [0.25, 0.3) is 0 Å². The highest BCUT2D eigenvalue weighted by molar-refractivity contribution is 5.31.